The first kappa shape index (κ1) is 22.8. The van der Waals surface area contributed by atoms with E-state index in [1.807, 2.05) is 13.8 Å². The van der Waals surface area contributed by atoms with E-state index in [0.717, 1.165) is 37.4 Å². The molecule has 0 unspecified atom stereocenters. The molecule has 0 rings (SSSR count). The average molecular weight is 409 g/mol. The molecule has 0 spiro atoms. The van der Waals surface area contributed by atoms with Crippen LogP contribution >= 0.6 is 52.1 Å². The summed E-state index contributed by atoms with van der Waals surface area (Å²) in [5.41, 5.74) is 0. The number of halogens is 2. The van der Waals surface area contributed by atoms with Crippen LogP contribution in [0.5, 0.6) is 0 Å². The third-order valence-electron chi connectivity index (χ3n) is 2.61. The smallest absolute Gasteiger partial charge is 0.305 e. The first-order valence-corrected chi connectivity index (χ1v) is 12.6. The van der Waals surface area contributed by atoms with Gasteiger partial charge in [0.05, 0.1) is 6.61 Å². The van der Waals surface area contributed by atoms with Gasteiger partial charge in [0.25, 0.3) is 0 Å². The lowest BCUT2D eigenvalue weighted by molar-refractivity contribution is -0.111. The lowest BCUT2D eigenvalue weighted by Gasteiger charge is -2.15. The van der Waals surface area contributed by atoms with E-state index in [2.05, 4.69) is 0 Å². The Morgan fingerprint density at radius 3 is 2.14 bits per heavy atom. The molecule has 9 heteroatoms. The standard InChI is InChI=1S/C13H23Cl2O4PS2/c1-3-5-7-12(16)21-10-11(9-19-20(14,15)18)22-13(17)8-6-4-2/h11H,3-10H2,1-2H3/t11-/m0/s1. The molecule has 4 nitrogen and oxygen atoms in total. The zero-order valence-electron chi connectivity index (χ0n) is 12.9. The second-order valence-electron chi connectivity index (χ2n) is 4.71. The monoisotopic (exact) mass is 408 g/mol. The van der Waals surface area contributed by atoms with Gasteiger partial charge in [-0.2, -0.15) is 0 Å². The molecule has 0 amide bonds. The lowest BCUT2D eigenvalue weighted by Crippen LogP contribution is -2.17. The third kappa shape index (κ3) is 14.4. The minimum Gasteiger partial charge on any atom is -0.305 e. The number of rotatable bonds is 12. The van der Waals surface area contributed by atoms with E-state index in [1.165, 1.54) is 11.8 Å². The summed E-state index contributed by atoms with van der Waals surface area (Å²) in [4.78, 5) is 23.5. The first-order chi connectivity index (χ1) is 10.3. The molecule has 0 saturated carbocycles. The summed E-state index contributed by atoms with van der Waals surface area (Å²) in [6.07, 6.45) is 0.959. The van der Waals surface area contributed by atoms with E-state index >= 15 is 0 Å². The molecule has 1 atom stereocenters. The summed E-state index contributed by atoms with van der Waals surface area (Å²) >= 11 is 13.0. The zero-order chi connectivity index (χ0) is 17.0. The fourth-order valence-electron chi connectivity index (χ4n) is 1.43. The van der Waals surface area contributed by atoms with Gasteiger partial charge in [-0.25, -0.2) is 0 Å². The summed E-state index contributed by atoms with van der Waals surface area (Å²) in [6, 6.07) is 0. The van der Waals surface area contributed by atoms with Crippen molar-refractivity contribution in [1.29, 1.82) is 0 Å². The molecule has 22 heavy (non-hydrogen) atoms. The third-order valence-corrected chi connectivity index (χ3v) is 6.05. The van der Waals surface area contributed by atoms with Crippen molar-refractivity contribution in [2.45, 2.75) is 57.6 Å². The first-order valence-electron chi connectivity index (χ1n) is 7.27. The van der Waals surface area contributed by atoms with Crippen molar-refractivity contribution in [2.75, 3.05) is 12.4 Å². The van der Waals surface area contributed by atoms with Gasteiger partial charge in [0.2, 0.25) is 0 Å². The summed E-state index contributed by atoms with van der Waals surface area (Å²) in [5.74, 6) is 0.416. The van der Waals surface area contributed by atoms with Crippen molar-refractivity contribution in [2.24, 2.45) is 0 Å². The van der Waals surface area contributed by atoms with Gasteiger partial charge in [0, 0.05) is 23.8 Å². The summed E-state index contributed by atoms with van der Waals surface area (Å²) in [7, 11) is 0. The molecule has 0 aromatic carbocycles. The highest BCUT2D eigenvalue weighted by molar-refractivity contribution is 8.17. The van der Waals surface area contributed by atoms with Crippen LogP contribution in [0.4, 0.5) is 0 Å². The van der Waals surface area contributed by atoms with Crippen LogP contribution in [0.3, 0.4) is 0 Å². The molecule has 0 aliphatic carbocycles. The van der Waals surface area contributed by atoms with E-state index in [4.69, 9.17) is 27.0 Å². The summed E-state index contributed by atoms with van der Waals surface area (Å²) in [5, 5.41) is -0.157. The van der Waals surface area contributed by atoms with E-state index in [1.54, 1.807) is 0 Å². The van der Waals surface area contributed by atoms with Crippen molar-refractivity contribution >= 4 is 62.3 Å². The van der Waals surface area contributed by atoms with Gasteiger partial charge in [-0.3, -0.25) is 14.2 Å². The molecule has 0 fully saturated rings. The van der Waals surface area contributed by atoms with E-state index in [0.29, 0.717) is 18.6 Å². The Bertz CT molecular complexity index is 390. The van der Waals surface area contributed by atoms with Gasteiger partial charge < -0.3 is 4.52 Å². The molecule has 0 aromatic heterocycles. The van der Waals surface area contributed by atoms with Gasteiger partial charge in [0.1, 0.15) is 0 Å². The van der Waals surface area contributed by atoms with Crippen LogP contribution in [-0.2, 0) is 18.7 Å². The lowest BCUT2D eigenvalue weighted by atomic mass is 10.3. The van der Waals surface area contributed by atoms with Crippen LogP contribution in [-0.4, -0.2) is 27.8 Å². The number of hydrogen-bond acceptors (Lipinski definition) is 6. The Hall–Kier alpha value is 0.810. The van der Waals surface area contributed by atoms with Gasteiger partial charge in [-0.1, -0.05) is 50.2 Å². The molecule has 130 valence electrons. The maximum absolute atomic E-state index is 11.8. The zero-order valence-corrected chi connectivity index (χ0v) is 16.9. The molecule has 0 aliphatic rings. The number of unbranched alkanes of at least 4 members (excludes halogenated alkanes) is 2. The van der Waals surface area contributed by atoms with Crippen LogP contribution < -0.4 is 0 Å². The maximum Gasteiger partial charge on any atom is 0.380 e. The summed E-state index contributed by atoms with van der Waals surface area (Å²) < 4.78 is 16.1. The topological polar surface area (TPSA) is 60.4 Å². The Morgan fingerprint density at radius 2 is 1.64 bits per heavy atom. The van der Waals surface area contributed by atoms with Gasteiger partial charge >= 0.3 is 6.07 Å². The van der Waals surface area contributed by atoms with Gasteiger partial charge in [-0.05, 0) is 35.3 Å². The molecular formula is C13H23Cl2O4PS2. The van der Waals surface area contributed by atoms with E-state index in [9.17, 15) is 14.2 Å². The fraction of sp³-hybridized carbons (Fsp3) is 0.846. The summed E-state index contributed by atoms with van der Waals surface area (Å²) in [6.45, 7) is 4.02. The molecular weight excluding hydrogens is 386 g/mol. The second kappa shape index (κ2) is 13.1. The van der Waals surface area contributed by atoms with Crippen molar-refractivity contribution in [3.05, 3.63) is 0 Å². The van der Waals surface area contributed by atoms with Crippen LogP contribution in [0.1, 0.15) is 52.4 Å². The Labute approximate surface area is 150 Å². The minimum absolute atomic E-state index is 0.0130. The van der Waals surface area contributed by atoms with Crippen LogP contribution in [0.15, 0.2) is 0 Å². The molecule has 0 N–H and O–H groups in total. The Balaban J connectivity index is 4.35. The Kier molecular flexibility index (Phi) is 13.6. The fourth-order valence-corrected chi connectivity index (χ4v) is 4.23. The maximum atomic E-state index is 11.8. The van der Waals surface area contributed by atoms with Crippen LogP contribution in [0.2, 0.25) is 0 Å². The predicted octanol–water partition coefficient (Wildman–Crippen LogP) is 5.86. The highest BCUT2D eigenvalue weighted by Gasteiger charge is 2.22. The van der Waals surface area contributed by atoms with E-state index in [-0.39, 0.29) is 22.1 Å². The van der Waals surface area contributed by atoms with Crippen molar-refractivity contribution in [3.63, 3.8) is 0 Å². The minimum atomic E-state index is -3.62. The van der Waals surface area contributed by atoms with Crippen molar-refractivity contribution < 1.29 is 18.7 Å². The number of carbonyl (C=O) groups is 2. The van der Waals surface area contributed by atoms with Gasteiger partial charge in [0.15, 0.2) is 10.2 Å². The van der Waals surface area contributed by atoms with Crippen LogP contribution in [0.25, 0.3) is 0 Å². The highest BCUT2D eigenvalue weighted by atomic mass is 35.9. The molecule has 0 saturated heterocycles. The molecule has 0 aromatic rings. The van der Waals surface area contributed by atoms with Crippen LogP contribution in [0, 0.1) is 0 Å². The Morgan fingerprint density at radius 1 is 1.09 bits per heavy atom. The number of thioether (sulfide) groups is 2. The molecule has 0 radical (unpaired) electrons. The SMILES string of the molecule is CCCCC(=O)SC[C@H](COP(=O)(Cl)Cl)SC(=O)CCCC. The van der Waals surface area contributed by atoms with Crippen molar-refractivity contribution in [1.82, 2.24) is 0 Å². The molecule has 0 heterocycles. The largest absolute Gasteiger partial charge is 0.380 e. The molecule has 0 aliphatic heterocycles. The normalized spacial score (nSPS) is 13.1. The average Bonchev–Trinajstić information content (AvgIpc) is 2.44. The van der Waals surface area contributed by atoms with E-state index < -0.39 is 6.07 Å². The number of hydrogen-bond donors (Lipinski definition) is 0. The highest BCUT2D eigenvalue weighted by Crippen LogP contribution is 2.57. The second-order valence-corrected chi connectivity index (χ2v) is 11.4. The number of carbonyl (C=O) groups excluding carboxylic acids is 2. The van der Waals surface area contributed by atoms with Crippen molar-refractivity contribution in [3.8, 4) is 0 Å². The van der Waals surface area contributed by atoms with Gasteiger partial charge in [-0.15, -0.1) is 0 Å². The molecule has 0 bridgehead atoms. The predicted molar refractivity (Wildman–Crippen MR) is 98.2 cm³/mol. The quantitative estimate of drug-likeness (QED) is 0.377.